The Morgan fingerprint density at radius 2 is 2.12 bits per heavy atom. The summed E-state index contributed by atoms with van der Waals surface area (Å²) in [6, 6.07) is 13.1. The summed E-state index contributed by atoms with van der Waals surface area (Å²) >= 11 is 0. The van der Waals surface area contributed by atoms with Gasteiger partial charge in [0, 0.05) is 18.7 Å². The van der Waals surface area contributed by atoms with Crippen LogP contribution in [0, 0.1) is 0 Å². The lowest BCUT2D eigenvalue weighted by molar-refractivity contribution is -0.128. The number of rotatable bonds is 5. The van der Waals surface area contributed by atoms with E-state index >= 15 is 0 Å². The Kier molecular flexibility index (Phi) is 4.69. The summed E-state index contributed by atoms with van der Waals surface area (Å²) in [5.41, 5.74) is 5.44. The standard InChI is InChI=1S/C18H20N2O4/c1-24-17-6-5-12(10-20-11-15(21)9-18(20)22)7-16(17)13-3-2-4-14(8-13)19-23/h2-8,15,19,21,23H,9-11H2,1H3/t15-/m1/s1. The smallest absolute Gasteiger partial charge is 0.225 e. The molecular weight excluding hydrogens is 308 g/mol. The molecule has 3 N–H and O–H groups in total. The van der Waals surface area contributed by atoms with Crippen LogP contribution >= 0.6 is 0 Å². The molecule has 3 rings (SSSR count). The van der Waals surface area contributed by atoms with Crippen LogP contribution < -0.4 is 10.2 Å². The van der Waals surface area contributed by atoms with Crippen LogP contribution in [0.3, 0.4) is 0 Å². The quantitative estimate of drug-likeness (QED) is 0.734. The van der Waals surface area contributed by atoms with Gasteiger partial charge in [-0.15, -0.1) is 0 Å². The van der Waals surface area contributed by atoms with Crippen LogP contribution in [0.5, 0.6) is 5.75 Å². The number of carbonyl (C=O) groups is 1. The molecule has 1 aliphatic rings. The molecule has 24 heavy (non-hydrogen) atoms. The summed E-state index contributed by atoms with van der Waals surface area (Å²) in [6.07, 6.45) is -0.393. The van der Waals surface area contributed by atoms with E-state index in [0.29, 0.717) is 24.5 Å². The molecule has 0 aromatic heterocycles. The van der Waals surface area contributed by atoms with E-state index in [1.54, 1.807) is 18.1 Å². The first-order valence-electron chi connectivity index (χ1n) is 7.74. The number of likely N-dealkylation sites (tertiary alicyclic amines) is 1. The van der Waals surface area contributed by atoms with Crippen molar-refractivity contribution in [3.05, 3.63) is 48.0 Å². The molecule has 1 atom stereocenters. The lowest BCUT2D eigenvalue weighted by Crippen LogP contribution is -2.25. The Balaban J connectivity index is 1.92. The molecule has 1 aliphatic heterocycles. The summed E-state index contributed by atoms with van der Waals surface area (Å²) < 4.78 is 5.43. The fourth-order valence-electron chi connectivity index (χ4n) is 2.96. The normalized spacial score (nSPS) is 17.2. The molecule has 0 spiro atoms. The number of aliphatic hydroxyl groups excluding tert-OH is 1. The van der Waals surface area contributed by atoms with Crippen LogP contribution in [0.2, 0.25) is 0 Å². The number of amides is 1. The van der Waals surface area contributed by atoms with Gasteiger partial charge in [-0.3, -0.25) is 15.5 Å². The number of aliphatic hydroxyl groups is 1. The Morgan fingerprint density at radius 3 is 2.79 bits per heavy atom. The monoisotopic (exact) mass is 328 g/mol. The molecule has 1 amide bonds. The SMILES string of the molecule is COc1ccc(CN2C[C@H](O)CC2=O)cc1-c1cccc(NO)c1. The highest BCUT2D eigenvalue weighted by atomic mass is 16.5. The molecule has 126 valence electrons. The minimum atomic E-state index is -0.581. The van der Waals surface area contributed by atoms with E-state index < -0.39 is 6.10 Å². The van der Waals surface area contributed by atoms with E-state index in [0.717, 1.165) is 16.7 Å². The Hall–Kier alpha value is -2.57. The zero-order chi connectivity index (χ0) is 17.1. The van der Waals surface area contributed by atoms with Crippen molar-refractivity contribution in [2.45, 2.75) is 19.1 Å². The van der Waals surface area contributed by atoms with E-state index in [9.17, 15) is 9.90 Å². The molecule has 1 heterocycles. The third-order valence-corrected chi connectivity index (χ3v) is 4.13. The lowest BCUT2D eigenvalue weighted by Gasteiger charge is -2.17. The van der Waals surface area contributed by atoms with Crippen molar-refractivity contribution in [1.82, 2.24) is 4.90 Å². The number of nitrogens with one attached hydrogen (secondary N) is 1. The van der Waals surface area contributed by atoms with Gasteiger partial charge >= 0.3 is 0 Å². The second kappa shape index (κ2) is 6.90. The summed E-state index contributed by atoms with van der Waals surface area (Å²) in [7, 11) is 1.60. The average molecular weight is 328 g/mol. The van der Waals surface area contributed by atoms with Gasteiger partial charge in [-0.05, 0) is 35.4 Å². The molecule has 2 aromatic rings. The third kappa shape index (κ3) is 3.34. The van der Waals surface area contributed by atoms with E-state index in [-0.39, 0.29) is 12.3 Å². The number of ether oxygens (including phenoxy) is 1. The second-order valence-electron chi connectivity index (χ2n) is 5.86. The number of β-amino-alcohol motifs (C(OH)–C–C–N with tert-alkyl or cyclic N) is 1. The van der Waals surface area contributed by atoms with Gasteiger partial charge in [0.05, 0.1) is 25.3 Å². The topological polar surface area (TPSA) is 82.0 Å². The molecule has 0 bridgehead atoms. The molecule has 6 nitrogen and oxygen atoms in total. The van der Waals surface area contributed by atoms with Crippen LogP contribution in [0.4, 0.5) is 5.69 Å². The molecule has 2 aromatic carbocycles. The van der Waals surface area contributed by atoms with E-state index in [4.69, 9.17) is 9.94 Å². The largest absolute Gasteiger partial charge is 0.496 e. The van der Waals surface area contributed by atoms with Gasteiger partial charge < -0.3 is 14.7 Å². The predicted molar refractivity (Wildman–Crippen MR) is 89.9 cm³/mol. The average Bonchev–Trinajstić information content (AvgIpc) is 2.92. The van der Waals surface area contributed by atoms with Crippen molar-refractivity contribution in [2.24, 2.45) is 0 Å². The van der Waals surface area contributed by atoms with E-state index in [1.165, 1.54) is 0 Å². The molecule has 6 heteroatoms. The lowest BCUT2D eigenvalue weighted by atomic mass is 10.0. The highest BCUT2D eigenvalue weighted by molar-refractivity contribution is 5.79. The summed E-state index contributed by atoms with van der Waals surface area (Å²) in [5.74, 6) is 0.674. The number of methoxy groups -OCH3 is 1. The molecular formula is C18H20N2O4. The fourth-order valence-corrected chi connectivity index (χ4v) is 2.96. The van der Waals surface area contributed by atoms with Crippen molar-refractivity contribution in [3.8, 4) is 16.9 Å². The minimum absolute atomic E-state index is 0.0358. The zero-order valence-electron chi connectivity index (χ0n) is 13.4. The highest BCUT2D eigenvalue weighted by Gasteiger charge is 2.27. The number of hydrogen-bond donors (Lipinski definition) is 3. The maximum atomic E-state index is 11.9. The summed E-state index contributed by atoms with van der Waals surface area (Å²) in [6.45, 7) is 0.814. The Labute approximate surface area is 140 Å². The Bertz CT molecular complexity index is 748. The zero-order valence-corrected chi connectivity index (χ0v) is 13.4. The number of anilines is 1. The first-order chi connectivity index (χ1) is 11.6. The summed E-state index contributed by atoms with van der Waals surface area (Å²) in [4.78, 5) is 13.5. The van der Waals surface area contributed by atoms with Crippen molar-refractivity contribution < 1.29 is 19.8 Å². The van der Waals surface area contributed by atoms with Gasteiger partial charge in [0.25, 0.3) is 0 Å². The van der Waals surface area contributed by atoms with Crippen LogP contribution in [0.1, 0.15) is 12.0 Å². The van der Waals surface area contributed by atoms with Gasteiger partial charge in [0.15, 0.2) is 0 Å². The fraction of sp³-hybridized carbons (Fsp3) is 0.278. The number of nitrogens with zero attached hydrogens (tertiary/aromatic N) is 1. The van der Waals surface area contributed by atoms with Crippen LogP contribution in [-0.4, -0.2) is 40.9 Å². The number of carbonyl (C=O) groups excluding carboxylic acids is 1. The molecule has 1 saturated heterocycles. The predicted octanol–water partition coefficient (Wildman–Crippen LogP) is 2.26. The molecule has 0 saturated carbocycles. The van der Waals surface area contributed by atoms with Crippen molar-refractivity contribution >= 4 is 11.6 Å². The molecule has 0 aliphatic carbocycles. The van der Waals surface area contributed by atoms with Gasteiger partial charge in [-0.25, -0.2) is 0 Å². The van der Waals surface area contributed by atoms with E-state index in [1.807, 2.05) is 36.4 Å². The van der Waals surface area contributed by atoms with Gasteiger partial charge in [0.2, 0.25) is 5.91 Å². The second-order valence-corrected chi connectivity index (χ2v) is 5.86. The number of hydrogen-bond acceptors (Lipinski definition) is 5. The molecule has 1 fully saturated rings. The van der Waals surface area contributed by atoms with Crippen LogP contribution in [-0.2, 0) is 11.3 Å². The van der Waals surface area contributed by atoms with Gasteiger partial charge in [-0.2, -0.15) is 0 Å². The van der Waals surface area contributed by atoms with Crippen molar-refractivity contribution in [1.29, 1.82) is 0 Å². The van der Waals surface area contributed by atoms with Crippen LogP contribution in [0.15, 0.2) is 42.5 Å². The first kappa shape index (κ1) is 16.3. The van der Waals surface area contributed by atoms with Crippen molar-refractivity contribution in [2.75, 3.05) is 19.1 Å². The minimum Gasteiger partial charge on any atom is -0.496 e. The maximum absolute atomic E-state index is 11.9. The van der Waals surface area contributed by atoms with E-state index in [2.05, 4.69) is 5.48 Å². The summed E-state index contributed by atoms with van der Waals surface area (Å²) in [5, 5.41) is 18.7. The highest BCUT2D eigenvalue weighted by Crippen LogP contribution is 2.33. The third-order valence-electron chi connectivity index (χ3n) is 4.13. The molecule has 0 radical (unpaired) electrons. The van der Waals surface area contributed by atoms with Gasteiger partial charge in [-0.1, -0.05) is 18.2 Å². The van der Waals surface area contributed by atoms with Gasteiger partial charge in [0.1, 0.15) is 5.75 Å². The van der Waals surface area contributed by atoms with Crippen molar-refractivity contribution in [3.63, 3.8) is 0 Å². The Morgan fingerprint density at radius 1 is 1.29 bits per heavy atom. The molecule has 0 unspecified atom stereocenters. The number of benzene rings is 2. The van der Waals surface area contributed by atoms with Crippen LogP contribution in [0.25, 0.3) is 11.1 Å². The maximum Gasteiger partial charge on any atom is 0.225 e. The first-order valence-corrected chi connectivity index (χ1v) is 7.74.